The first-order valence-corrected chi connectivity index (χ1v) is 15.7. The summed E-state index contributed by atoms with van der Waals surface area (Å²) in [4.78, 5) is 15.8. The maximum absolute atomic E-state index is 13.6. The number of fused-ring (bicyclic) bond motifs is 1. The zero-order chi connectivity index (χ0) is 31.1. The van der Waals surface area contributed by atoms with Gasteiger partial charge < -0.3 is 9.47 Å². The van der Waals surface area contributed by atoms with Gasteiger partial charge in [-0.3, -0.25) is 9.62 Å². The van der Waals surface area contributed by atoms with Crippen molar-refractivity contribution in [2.45, 2.75) is 47.8 Å². The molecule has 0 saturated carbocycles. The van der Waals surface area contributed by atoms with Crippen LogP contribution in [0, 0.1) is 12.7 Å². The number of ether oxygens (including phenoxy) is 2. The summed E-state index contributed by atoms with van der Waals surface area (Å²) in [5.74, 6) is -0.729. The number of alkyl halides is 3. The minimum atomic E-state index is -4.86. The van der Waals surface area contributed by atoms with E-state index in [0.29, 0.717) is 18.9 Å². The normalized spacial score (nSPS) is 16.0. The van der Waals surface area contributed by atoms with Gasteiger partial charge in [-0.05, 0) is 63.2 Å². The van der Waals surface area contributed by atoms with Crippen LogP contribution in [0.2, 0.25) is 0 Å². The lowest BCUT2D eigenvalue weighted by molar-refractivity contribution is -0.242. The number of hydrogen-bond donors (Lipinski definition) is 2. The molecule has 42 heavy (non-hydrogen) atoms. The Bertz CT molecular complexity index is 1690. The molecule has 1 amide bonds. The summed E-state index contributed by atoms with van der Waals surface area (Å²) in [6.45, 7) is 2.17. The van der Waals surface area contributed by atoms with Crippen LogP contribution < -0.4 is 19.1 Å². The average Bonchev–Trinajstić information content (AvgIpc) is 3.33. The average molecular weight is 653 g/mol. The molecule has 1 unspecified atom stereocenters. The summed E-state index contributed by atoms with van der Waals surface area (Å²) >= 11 is 0.938. The molecular weight excluding hydrogens is 628 g/mol. The van der Waals surface area contributed by atoms with Gasteiger partial charge in [-0.2, -0.15) is 13.2 Å². The number of rotatable bonds is 8. The quantitative estimate of drug-likeness (QED) is 0.341. The molecule has 2 N–H and O–H groups in total. The topological polar surface area (TPSA) is 144 Å². The zero-order valence-electron chi connectivity index (χ0n) is 22.1. The summed E-state index contributed by atoms with van der Waals surface area (Å²) < 4.78 is 119. The number of halogens is 4. The van der Waals surface area contributed by atoms with Crippen molar-refractivity contribution in [1.29, 1.82) is 0 Å². The van der Waals surface area contributed by atoms with E-state index in [9.17, 15) is 39.2 Å². The van der Waals surface area contributed by atoms with E-state index < -0.39 is 56.4 Å². The van der Waals surface area contributed by atoms with Gasteiger partial charge in [0.1, 0.15) is 17.7 Å². The number of nitrogens with one attached hydrogen (secondary N) is 2. The second kappa shape index (κ2) is 11.3. The number of carbonyl (C=O) groups is 1. The van der Waals surface area contributed by atoms with E-state index in [1.54, 1.807) is 6.92 Å². The maximum atomic E-state index is 13.6. The third-order valence-corrected chi connectivity index (χ3v) is 10.5. The lowest BCUT2D eigenvalue weighted by atomic mass is 10.1. The maximum Gasteiger partial charge on any atom is 0.427 e. The first-order chi connectivity index (χ1) is 19.4. The Morgan fingerprint density at radius 3 is 2.40 bits per heavy atom. The van der Waals surface area contributed by atoms with Crippen LogP contribution in [0.1, 0.15) is 18.9 Å². The molecule has 11 nitrogen and oxygen atoms in total. The van der Waals surface area contributed by atoms with Crippen LogP contribution in [0.5, 0.6) is 5.75 Å². The van der Waals surface area contributed by atoms with Crippen LogP contribution in [0.15, 0.2) is 57.8 Å². The van der Waals surface area contributed by atoms with Gasteiger partial charge in [0, 0.05) is 12.2 Å². The smallest absolute Gasteiger partial charge is 0.427 e. The Labute approximate surface area is 242 Å². The zero-order valence-corrected chi connectivity index (χ0v) is 24.5. The predicted molar refractivity (Wildman–Crippen MR) is 144 cm³/mol. The standard InChI is InChI=1S/C24H24F4N4O7S3/c1-14-29-12-21(40-14)41(34,35)30-11-17-13-32(42(36,37)18-7-4-15(25)5-8-18)19-10-16(6-9-20(19)38-17)31-22(33)39-23(2,3)24(26,27)28/h4-10,12,17,30H,11,13H2,1-3H3,(H,31,33). The number of thiazole rings is 1. The Morgan fingerprint density at radius 1 is 1.14 bits per heavy atom. The van der Waals surface area contributed by atoms with Crippen LogP contribution in [0.25, 0.3) is 0 Å². The van der Waals surface area contributed by atoms with Crippen molar-refractivity contribution in [1.82, 2.24) is 9.71 Å². The van der Waals surface area contributed by atoms with E-state index in [-0.39, 0.29) is 32.8 Å². The summed E-state index contributed by atoms with van der Waals surface area (Å²) in [5.41, 5.74) is -3.06. The SMILES string of the molecule is Cc1ncc(S(=O)(=O)NCC2CN(S(=O)(=O)c3ccc(F)cc3)c3cc(NC(=O)OC(C)(C)C(F)(F)F)ccc3O2)s1. The number of anilines is 2. The van der Waals surface area contributed by atoms with Gasteiger partial charge in [0.25, 0.3) is 20.0 Å². The van der Waals surface area contributed by atoms with Gasteiger partial charge in [0.2, 0.25) is 5.60 Å². The van der Waals surface area contributed by atoms with Gasteiger partial charge in [-0.1, -0.05) is 0 Å². The van der Waals surface area contributed by atoms with Crippen molar-refractivity contribution in [3.8, 4) is 5.75 Å². The molecule has 0 radical (unpaired) electrons. The predicted octanol–water partition coefficient (Wildman–Crippen LogP) is 4.41. The molecule has 18 heteroatoms. The Hall–Kier alpha value is -3.48. The fraction of sp³-hybridized carbons (Fsp3) is 0.333. The van der Waals surface area contributed by atoms with Crippen molar-refractivity contribution < 1.29 is 48.7 Å². The molecule has 2 aromatic carbocycles. The second-order valence-corrected chi connectivity index (χ2v) is 14.6. The Morgan fingerprint density at radius 2 is 1.81 bits per heavy atom. The molecule has 1 aliphatic heterocycles. The molecule has 0 fully saturated rings. The molecule has 1 atom stereocenters. The molecule has 3 aromatic rings. The van der Waals surface area contributed by atoms with Gasteiger partial charge in [0.05, 0.1) is 28.3 Å². The molecule has 0 saturated heterocycles. The van der Waals surface area contributed by atoms with Crippen molar-refractivity contribution in [3.05, 3.63) is 59.5 Å². The Kier molecular flexibility index (Phi) is 8.47. The van der Waals surface area contributed by atoms with Crippen molar-refractivity contribution in [3.63, 3.8) is 0 Å². The third-order valence-electron chi connectivity index (χ3n) is 5.94. The monoisotopic (exact) mass is 652 g/mol. The van der Waals surface area contributed by atoms with Crippen molar-refractivity contribution in [2.24, 2.45) is 0 Å². The Balaban J connectivity index is 1.64. The molecule has 0 spiro atoms. The number of benzene rings is 2. The van der Waals surface area contributed by atoms with Gasteiger partial charge >= 0.3 is 12.3 Å². The van der Waals surface area contributed by atoms with E-state index in [1.165, 1.54) is 18.3 Å². The highest BCUT2D eigenvalue weighted by molar-refractivity contribution is 7.93. The van der Waals surface area contributed by atoms with Crippen molar-refractivity contribution in [2.75, 3.05) is 22.7 Å². The first-order valence-electron chi connectivity index (χ1n) is 12.0. The number of carbonyl (C=O) groups excluding carboxylic acids is 1. The highest BCUT2D eigenvalue weighted by Gasteiger charge is 2.51. The minimum absolute atomic E-state index is 0.0423. The lowest BCUT2D eigenvalue weighted by Gasteiger charge is -2.35. The summed E-state index contributed by atoms with van der Waals surface area (Å²) in [6.07, 6.45) is -6.18. The van der Waals surface area contributed by atoms with Crippen LogP contribution in [-0.4, -0.2) is 58.9 Å². The summed E-state index contributed by atoms with van der Waals surface area (Å²) in [5, 5.41) is 2.65. The molecule has 2 heterocycles. The largest absolute Gasteiger partial charge is 0.485 e. The van der Waals surface area contributed by atoms with E-state index in [2.05, 4.69) is 19.8 Å². The second-order valence-electron chi connectivity index (χ2n) is 9.49. The van der Waals surface area contributed by atoms with E-state index >= 15 is 0 Å². The van der Waals surface area contributed by atoms with E-state index in [4.69, 9.17) is 4.74 Å². The molecule has 4 rings (SSSR count). The molecular formula is C24H24F4N4O7S3. The van der Waals surface area contributed by atoms with Gasteiger partial charge in [0.15, 0.2) is 4.21 Å². The van der Waals surface area contributed by atoms with E-state index in [0.717, 1.165) is 46.0 Å². The number of hydrogen-bond acceptors (Lipinski definition) is 9. The summed E-state index contributed by atoms with van der Waals surface area (Å²) in [7, 11) is -8.41. The molecule has 0 aliphatic carbocycles. The third kappa shape index (κ3) is 6.77. The van der Waals surface area contributed by atoms with Crippen molar-refractivity contribution >= 4 is 48.9 Å². The minimum Gasteiger partial charge on any atom is -0.485 e. The summed E-state index contributed by atoms with van der Waals surface area (Å²) in [6, 6.07) is 7.56. The number of sulfonamides is 2. The van der Waals surface area contributed by atoms with Gasteiger partial charge in [-0.15, -0.1) is 11.3 Å². The molecule has 1 aliphatic rings. The van der Waals surface area contributed by atoms with Crippen LogP contribution >= 0.6 is 11.3 Å². The number of nitrogens with zero attached hydrogens (tertiary/aromatic N) is 2. The van der Waals surface area contributed by atoms with E-state index in [1.807, 2.05) is 0 Å². The highest BCUT2D eigenvalue weighted by atomic mass is 32.2. The van der Waals surface area contributed by atoms with Crippen LogP contribution in [0.4, 0.5) is 33.7 Å². The van der Waals surface area contributed by atoms with Crippen LogP contribution in [0.3, 0.4) is 0 Å². The highest BCUT2D eigenvalue weighted by Crippen LogP contribution is 2.39. The fourth-order valence-corrected chi connectivity index (χ4v) is 7.35. The van der Waals surface area contributed by atoms with Gasteiger partial charge in [-0.25, -0.2) is 35.7 Å². The molecule has 0 bridgehead atoms. The number of amides is 1. The molecule has 228 valence electrons. The lowest BCUT2D eigenvalue weighted by Crippen LogP contribution is -2.48. The number of aromatic nitrogens is 1. The number of aryl methyl sites for hydroxylation is 1. The first kappa shape index (κ1) is 31.5. The molecule has 1 aromatic heterocycles. The fourth-order valence-electron chi connectivity index (χ4n) is 3.63. The van der Waals surface area contributed by atoms with Crippen LogP contribution in [-0.2, 0) is 24.8 Å².